The summed E-state index contributed by atoms with van der Waals surface area (Å²) in [6.07, 6.45) is 8.16. The summed E-state index contributed by atoms with van der Waals surface area (Å²) in [5, 5.41) is 4.09. The van der Waals surface area contributed by atoms with Crippen molar-refractivity contribution in [2.75, 3.05) is 0 Å². The molecule has 2 rings (SSSR count). The second-order valence-electron chi connectivity index (χ2n) is 5.01. The highest BCUT2D eigenvalue weighted by molar-refractivity contribution is 4.84. The largest absolute Gasteiger partial charge is 0.268 e. The summed E-state index contributed by atoms with van der Waals surface area (Å²) in [6.45, 7) is 3.11. The van der Waals surface area contributed by atoms with Crippen LogP contribution in [0, 0.1) is 11.8 Å². The van der Waals surface area contributed by atoms with Gasteiger partial charge in [-0.05, 0) is 30.7 Å². The first-order valence-corrected chi connectivity index (χ1v) is 6.28. The number of hydrogen-bond donors (Lipinski definition) is 0. The minimum atomic E-state index is 0.0198. The van der Waals surface area contributed by atoms with E-state index in [1.165, 1.54) is 25.7 Å². The summed E-state index contributed by atoms with van der Waals surface area (Å²) in [7, 11) is 0. The Morgan fingerprint density at radius 1 is 1.50 bits per heavy atom. The number of aromatic nitrogens is 2. The van der Waals surface area contributed by atoms with Gasteiger partial charge in [-0.3, -0.25) is 4.79 Å². The second-order valence-corrected chi connectivity index (χ2v) is 5.01. The standard InChI is InChI=1S/C13H20N2O/c1-11-4-2-5-12(10-11)7-9-15-13(16)6-3-8-14-15/h3,6,8,11-12H,2,4-5,7,9-10H2,1H3/t11-,12+/m0/s1. The molecule has 1 aromatic rings. The summed E-state index contributed by atoms with van der Waals surface area (Å²) in [5.41, 5.74) is 0.0198. The van der Waals surface area contributed by atoms with E-state index >= 15 is 0 Å². The van der Waals surface area contributed by atoms with Gasteiger partial charge in [0.25, 0.3) is 5.56 Å². The van der Waals surface area contributed by atoms with Gasteiger partial charge in [0, 0.05) is 18.8 Å². The van der Waals surface area contributed by atoms with Crippen LogP contribution in [0.1, 0.15) is 39.0 Å². The Kier molecular flexibility index (Phi) is 3.75. The van der Waals surface area contributed by atoms with Crippen molar-refractivity contribution in [3.05, 3.63) is 28.7 Å². The van der Waals surface area contributed by atoms with Crippen molar-refractivity contribution in [2.24, 2.45) is 11.8 Å². The Morgan fingerprint density at radius 3 is 3.12 bits per heavy atom. The highest BCUT2D eigenvalue weighted by Gasteiger charge is 2.18. The van der Waals surface area contributed by atoms with Crippen LogP contribution in [-0.2, 0) is 6.54 Å². The van der Waals surface area contributed by atoms with Crippen LogP contribution in [0.2, 0.25) is 0 Å². The van der Waals surface area contributed by atoms with E-state index in [0.717, 1.165) is 24.8 Å². The van der Waals surface area contributed by atoms with Crippen molar-refractivity contribution >= 4 is 0 Å². The van der Waals surface area contributed by atoms with Crippen LogP contribution < -0.4 is 5.56 Å². The lowest BCUT2D eigenvalue weighted by Gasteiger charge is -2.26. The van der Waals surface area contributed by atoms with E-state index in [1.807, 2.05) is 0 Å². The minimum Gasteiger partial charge on any atom is -0.268 e. The molecule has 0 spiro atoms. The molecule has 0 N–H and O–H groups in total. The molecule has 1 aliphatic carbocycles. The van der Waals surface area contributed by atoms with Gasteiger partial charge in [0.05, 0.1) is 0 Å². The fraction of sp³-hybridized carbons (Fsp3) is 0.692. The first-order chi connectivity index (χ1) is 7.75. The van der Waals surface area contributed by atoms with Crippen LogP contribution >= 0.6 is 0 Å². The monoisotopic (exact) mass is 220 g/mol. The van der Waals surface area contributed by atoms with Crippen molar-refractivity contribution in [3.63, 3.8) is 0 Å². The molecule has 0 aromatic carbocycles. The van der Waals surface area contributed by atoms with E-state index in [9.17, 15) is 4.79 Å². The molecule has 0 bridgehead atoms. The van der Waals surface area contributed by atoms with Gasteiger partial charge in [-0.1, -0.05) is 26.2 Å². The molecular formula is C13H20N2O. The average Bonchev–Trinajstić information content (AvgIpc) is 2.28. The van der Waals surface area contributed by atoms with Gasteiger partial charge in [-0.25, -0.2) is 4.68 Å². The molecule has 0 aliphatic heterocycles. The van der Waals surface area contributed by atoms with E-state index < -0.39 is 0 Å². The van der Waals surface area contributed by atoms with E-state index in [-0.39, 0.29) is 5.56 Å². The van der Waals surface area contributed by atoms with Crippen molar-refractivity contribution in [1.29, 1.82) is 0 Å². The number of nitrogens with zero attached hydrogens (tertiary/aromatic N) is 2. The van der Waals surface area contributed by atoms with Gasteiger partial charge in [0.1, 0.15) is 0 Å². The van der Waals surface area contributed by atoms with Crippen LogP contribution in [0.3, 0.4) is 0 Å². The molecule has 2 atom stereocenters. The maximum Gasteiger partial charge on any atom is 0.266 e. The van der Waals surface area contributed by atoms with Gasteiger partial charge < -0.3 is 0 Å². The molecule has 1 heterocycles. The fourth-order valence-electron chi connectivity index (χ4n) is 2.68. The van der Waals surface area contributed by atoms with Crippen molar-refractivity contribution < 1.29 is 0 Å². The summed E-state index contributed by atoms with van der Waals surface area (Å²) >= 11 is 0. The Hall–Kier alpha value is -1.12. The second kappa shape index (κ2) is 5.28. The Balaban J connectivity index is 1.87. The zero-order valence-corrected chi connectivity index (χ0v) is 9.93. The topological polar surface area (TPSA) is 34.9 Å². The molecule has 0 unspecified atom stereocenters. The van der Waals surface area contributed by atoms with E-state index in [0.29, 0.717) is 0 Å². The normalized spacial score (nSPS) is 25.6. The summed E-state index contributed by atoms with van der Waals surface area (Å²) in [4.78, 5) is 11.5. The molecule has 1 aromatic heterocycles. The average molecular weight is 220 g/mol. The van der Waals surface area contributed by atoms with Gasteiger partial charge in [-0.2, -0.15) is 5.10 Å². The predicted octanol–water partition coefficient (Wildman–Crippen LogP) is 2.46. The molecule has 3 nitrogen and oxygen atoms in total. The van der Waals surface area contributed by atoms with Crippen LogP contribution in [0.4, 0.5) is 0 Å². The summed E-state index contributed by atoms with van der Waals surface area (Å²) in [5.74, 6) is 1.65. The van der Waals surface area contributed by atoms with Gasteiger partial charge in [-0.15, -0.1) is 0 Å². The van der Waals surface area contributed by atoms with Crippen molar-refractivity contribution in [3.8, 4) is 0 Å². The number of hydrogen-bond acceptors (Lipinski definition) is 2. The number of rotatable bonds is 3. The maximum atomic E-state index is 11.5. The molecule has 1 saturated carbocycles. The maximum absolute atomic E-state index is 11.5. The first kappa shape index (κ1) is 11.4. The smallest absolute Gasteiger partial charge is 0.266 e. The third-order valence-electron chi connectivity index (χ3n) is 3.58. The first-order valence-electron chi connectivity index (χ1n) is 6.28. The zero-order chi connectivity index (χ0) is 11.4. The van der Waals surface area contributed by atoms with Crippen molar-refractivity contribution in [1.82, 2.24) is 9.78 Å². The van der Waals surface area contributed by atoms with Gasteiger partial charge in [0.2, 0.25) is 0 Å². The Bertz CT molecular complexity index is 386. The lowest BCUT2D eigenvalue weighted by molar-refractivity contribution is 0.257. The molecule has 0 amide bonds. The summed E-state index contributed by atoms with van der Waals surface area (Å²) < 4.78 is 1.58. The fourth-order valence-corrected chi connectivity index (χ4v) is 2.68. The Morgan fingerprint density at radius 2 is 2.38 bits per heavy atom. The third kappa shape index (κ3) is 2.94. The van der Waals surface area contributed by atoms with Crippen LogP contribution in [0.25, 0.3) is 0 Å². The van der Waals surface area contributed by atoms with Crippen LogP contribution in [-0.4, -0.2) is 9.78 Å². The SMILES string of the molecule is C[C@H]1CCC[C@H](CCn2ncccc2=O)C1. The molecule has 1 aliphatic rings. The van der Waals surface area contributed by atoms with E-state index in [4.69, 9.17) is 0 Å². The lowest BCUT2D eigenvalue weighted by Crippen LogP contribution is -2.23. The quantitative estimate of drug-likeness (QED) is 0.784. The molecule has 0 saturated heterocycles. The van der Waals surface area contributed by atoms with Crippen LogP contribution in [0.5, 0.6) is 0 Å². The van der Waals surface area contributed by atoms with E-state index in [2.05, 4.69) is 12.0 Å². The number of aryl methyl sites for hydroxylation is 1. The molecule has 16 heavy (non-hydrogen) atoms. The molecular weight excluding hydrogens is 200 g/mol. The van der Waals surface area contributed by atoms with Gasteiger partial charge >= 0.3 is 0 Å². The highest BCUT2D eigenvalue weighted by Crippen LogP contribution is 2.30. The highest BCUT2D eigenvalue weighted by atomic mass is 16.1. The van der Waals surface area contributed by atoms with Gasteiger partial charge in [0.15, 0.2) is 0 Å². The molecule has 0 radical (unpaired) electrons. The molecule has 3 heteroatoms. The summed E-state index contributed by atoms with van der Waals surface area (Å²) in [6, 6.07) is 3.28. The molecule has 88 valence electrons. The Labute approximate surface area is 96.5 Å². The molecule has 1 fully saturated rings. The third-order valence-corrected chi connectivity index (χ3v) is 3.58. The van der Waals surface area contributed by atoms with Crippen LogP contribution in [0.15, 0.2) is 23.1 Å². The van der Waals surface area contributed by atoms with Crippen molar-refractivity contribution in [2.45, 2.75) is 45.6 Å². The minimum absolute atomic E-state index is 0.0198. The van der Waals surface area contributed by atoms with E-state index in [1.54, 1.807) is 23.0 Å². The zero-order valence-electron chi connectivity index (χ0n) is 9.93. The lowest BCUT2D eigenvalue weighted by atomic mass is 9.81. The predicted molar refractivity (Wildman–Crippen MR) is 64.2 cm³/mol.